The molecular formula is C11H17BrN2O. The van der Waals surface area contributed by atoms with Crippen LogP contribution >= 0.6 is 15.9 Å². The lowest BCUT2D eigenvalue weighted by Crippen LogP contribution is -2.16. The van der Waals surface area contributed by atoms with Crippen LogP contribution in [0.4, 0.5) is 5.82 Å². The molecule has 0 aromatic carbocycles. The monoisotopic (exact) mass is 272 g/mol. The zero-order valence-electron chi connectivity index (χ0n) is 9.38. The van der Waals surface area contributed by atoms with E-state index in [9.17, 15) is 0 Å². The number of hydrogen-bond acceptors (Lipinski definition) is 3. The Morgan fingerprint density at radius 1 is 1.60 bits per heavy atom. The predicted molar refractivity (Wildman–Crippen MR) is 66.2 cm³/mol. The van der Waals surface area contributed by atoms with Crippen molar-refractivity contribution in [3.8, 4) is 0 Å². The molecule has 0 fully saturated rings. The third-order valence-corrected chi connectivity index (χ3v) is 2.96. The molecule has 3 nitrogen and oxygen atoms in total. The summed E-state index contributed by atoms with van der Waals surface area (Å²) in [6.45, 7) is 5.84. The van der Waals surface area contributed by atoms with Crippen molar-refractivity contribution in [3.05, 3.63) is 22.3 Å². The fourth-order valence-electron chi connectivity index (χ4n) is 1.26. The SMILES string of the molecule is COCC(C)CNc1cc(C)c(Br)cn1. The summed E-state index contributed by atoms with van der Waals surface area (Å²) < 4.78 is 6.11. The summed E-state index contributed by atoms with van der Waals surface area (Å²) in [7, 11) is 1.72. The second-order valence-electron chi connectivity index (χ2n) is 3.76. The first kappa shape index (κ1) is 12.5. The first-order chi connectivity index (χ1) is 7.13. The van der Waals surface area contributed by atoms with Crippen LogP contribution in [0.15, 0.2) is 16.7 Å². The van der Waals surface area contributed by atoms with Gasteiger partial charge in [0.05, 0.1) is 6.61 Å². The maximum Gasteiger partial charge on any atom is 0.126 e. The van der Waals surface area contributed by atoms with Crippen molar-refractivity contribution in [2.45, 2.75) is 13.8 Å². The van der Waals surface area contributed by atoms with Crippen LogP contribution in [-0.2, 0) is 4.74 Å². The Hall–Kier alpha value is -0.610. The van der Waals surface area contributed by atoms with Gasteiger partial charge in [-0.2, -0.15) is 0 Å². The molecule has 15 heavy (non-hydrogen) atoms. The van der Waals surface area contributed by atoms with Crippen molar-refractivity contribution in [3.63, 3.8) is 0 Å². The topological polar surface area (TPSA) is 34.1 Å². The number of methoxy groups -OCH3 is 1. The van der Waals surface area contributed by atoms with E-state index in [1.165, 1.54) is 5.56 Å². The molecule has 1 aromatic heterocycles. The zero-order chi connectivity index (χ0) is 11.3. The van der Waals surface area contributed by atoms with Gasteiger partial charge in [-0.05, 0) is 40.4 Å². The highest BCUT2D eigenvalue weighted by Gasteiger charge is 2.02. The van der Waals surface area contributed by atoms with E-state index in [1.54, 1.807) is 7.11 Å². The summed E-state index contributed by atoms with van der Waals surface area (Å²) in [5.41, 5.74) is 1.19. The van der Waals surface area contributed by atoms with E-state index in [2.05, 4.69) is 40.1 Å². The van der Waals surface area contributed by atoms with Gasteiger partial charge in [0, 0.05) is 24.3 Å². The molecule has 84 valence electrons. The van der Waals surface area contributed by atoms with Crippen molar-refractivity contribution in [1.82, 2.24) is 4.98 Å². The van der Waals surface area contributed by atoms with E-state index in [1.807, 2.05) is 12.3 Å². The average molecular weight is 273 g/mol. The Kier molecular flexibility index (Phi) is 5.05. The van der Waals surface area contributed by atoms with Gasteiger partial charge in [0.25, 0.3) is 0 Å². The number of pyridine rings is 1. The summed E-state index contributed by atoms with van der Waals surface area (Å²) in [4.78, 5) is 4.27. The number of hydrogen-bond donors (Lipinski definition) is 1. The highest BCUT2D eigenvalue weighted by atomic mass is 79.9. The van der Waals surface area contributed by atoms with Gasteiger partial charge in [-0.25, -0.2) is 4.98 Å². The minimum atomic E-state index is 0.487. The van der Waals surface area contributed by atoms with Gasteiger partial charge in [-0.1, -0.05) is 6.92 Å². The number of rotatable bonds is 5. The molecule has 0 bridgehead atoms. The first-order valence-corrected chi connectivity index (χ1v) is 5.77. The molecule has 1 aromatic rings. The molecule has 0 saturated carbocycles. The van der Waals surface area contributed by atoms with Gasteiger partial charge in [0.15, 0.2) is 0 Å². The van der Waals surface area contributed by atoms with Gasteiger partial charge in [0.1, 0.15) is 5.82 Å². The number of ether oxygens (including phenoxy) is 1. The number of halogens is 1. The third-order valence-electron chi connectivity index (χ3n) is 2.13. The molecule has 0 radical (unpaired) electrons. The van der Waals surface area contributed by atoms with Gasteiger partial charge in [-0.15, -0.1) is 0 Å². The number of anilines is 1. The molecule has 0 aliphatic rings. The Labute approximate surface area is 99.4 Å². The van der Waals surface area contributed by atoms with Gasteiger partial charge < -0.3 is 10.1 Å². The third kappa shape index (κ3) is 4.18. The van der Waals surface area contributed by atoms with Crippen LogP contribution in [0.3, 0.4) is 0 Å². The largest absolute Gasteiger partial charge is 0.384 e. The smallest absolute Gasteiger partial charge is 0.126 e. The van der Waals surface area contributed by atoms with Crippen LogP contribution in [0.5, 0.6) is 0 Å². The van der Waals surface area contributed by atoms with Gasteiger partial charge >= 0.3 is 0 Å². The predicted octanol–water partition coefficient (Wildman–Crippen LogP) is 2.85. The van der Waals surface area contributed by atoms with E-state index in [-0.39, 0.29) is 0 Å². The first-order valence-electron chi connectivity index (χ1n) is 4.98. The molecule has 0 saturated heterocycles. The van der Waals surface area contributed by atoms with Crippen molar-refractivity contribution >= 4 is 21.7 Å². The van der Waals surface area contributed by atoms with Crippen LogP contribution in [0.25, 0.3) is 0 Å². The van der Waals surface area contributed by atoms with E-state index >= 15 is 0 Å². The molecule has 1 atom stereocenters. The fourth-order valence-corrected chi connectivity index (χ4v) is 1.48. The molecule has 0 aliphatic carbocycles. The minimum Gasteiger partial charge on any atom is -0.384 e. The summed E-state index contributed by atoms with van der Waals surface area (Å²) in [5, 5.41) is 3.29. The lowest BCUT2D eigenvalue weighted by Gasteiger charge is -2.12. The molecule has 1 unspecified atom stereocenters. The van der Waals surface area contributed by atoms with E-state index in [4.69, 9.17) is 4.74 Å². The highest BCUT2D eigenvalue weighted by molar-refractivity contribution is 9.10. The van der Waals surface area contributed by atoms with Gasteiger partial charge in [0.2, 0.25) is 0 Å². The normalized spacial score (nSPS) is 12.5. The van der Waals surface area contributed by atoms with Crippen LogP contribution < -0.4 is 5.32 Å². The number of aryl methyl sites for hydroxylation is 1. The van der Waals surface area contributed by atoms with E-state index in [0.29, 0.717) is 5.92 Å². The van der Waals surface area contributed by atoms with Crippen molar-refractivity contribution in [2.75, 3.05) is 25.6 Å². The number of aromatic nitrogens is 1. The van der Waals surface area contributed by atoms with Crippen LogP contribution in [-0.4, -0.2) is 25.2 Å². The Bertz CT molecular complexity index is 317. The summed E-state index contributed by atoms with van der Waals surface area (Å²) >= 11 is 3.42. The highest BCUT2D eigenvalue weighted by Crippen LogP contribution is 2.17. The molecule has 1 heterocycles. The molecule has 1 rings (SSSR count). The van der Waals surface area contributed by atoms with Crippen molar-refractivity contribution < 1.29 is 4.74 Å². The maximum absolute atomic E-state index is 5.07. The Morgan fingerprint density at radius 2 is 2.33 bits per heavy atom. The molecule has 0 spiro atoms. The van der Waals surface area contributed by atoms with E-state index < -0.39 is 0 Å². The number of nitrogens with zero attached hydrogens (tertiary/aromatic N) is 1. The van der Waals surface area contributed by atoms with Crippen molar-refractivity contribution in [2.24, 2.45) is 5.92 Å². The molecule has 0 amide bonds. The lowest BCUT2D eigenvalue weighted by atomic mass is 10.2. The average Bonchev–Trinajstić information content (AvgIpc) is 2.20. The quantitative estimate of drug-likeness (QED) is 0.895. The Morgan fingerprint density at radius 3 is 2.93 bits per heavy atom. The molecular weight excluding hydrogens is 256 g/mol. The second kappa shape index (κ2) is 6.08. The molecule has 0 aliphatic heterocycles. The molecule has 4 heteroatoms. The molecule has 1 N–H and O–H groups in total. The standard InChI is InChI=1S/C11H17BrN2O/c1-8(7-15-3)5-13-11-4-9(2)10(12)6-14-11/h4,6,8H,5,7H2,1-3H3,(H,13,14). The Balaban J connectivity index is 2.47. The lowest BCUT2D eigenvalue weighted by molar-refractivity contribution is 0.164. The number of nitrogens with one attached hydrogen (secondary N) is 1. The summed E-state index contributed by atoms with van der Waals surface area (Å²) in [6.07, 6.45) is 1.82. The summed E-state index contributed by atoms with van der Waals surface area (Å²) in [5.74, 6) is 1.40. The second-order valence-corrected chi connectivity index (χ2v) is 4.61. The maximum atomic E-state index is 5.07. The minimum absolute atomic E-state index is 0.487. The fraction of sp³-hybridized carbons (Fsp3) is 0.545. The van der Waals surface area contributed by atoms with Crippen molar-refractivity contribution in [1.29, 1.82) is 0 Å². The van der Waals surface area contributed by atoms with Crippen LogP contribution in [0.1, 0.15) is 12.5 Å². The zero-order valence-corrected chi connectivity index (χ0v) is 11.0. The van der Waals surface area contributed by atoms with E-state index in [0.717, 1.165) is 23.4 Å². The summed E-state index contributed by atoms with van der Waals surface area (Å²) in [6, 6.07) is 2.03. The van der Waals surface area contributed by atoms with Crippen LogP contribution in [0.2, 0.25) is 0 Å². The van der Waals surface area contributed by atoms with Gasteiger partial charge in [-0.3, -0.25) is 0 Å². The van der Waals surface area contributed by atoms with Crippen LogP contribution in [0, 0.1) is 12.8 Å².